The highest BCUT2D eigenvalue weighted by Crippen LogP contribution is 2.24. The number of carbonyl (C=O) groups excluding carboxylic acids is 1. The number of nitrogen functional groups attached to an aromatic ring is 1. The van der Waals surface area contributed by atoms with Gasteiger partial charge in [0.15, 0.2) is 0 Å². The maximum Gasteiger partial charge on any atom is 0.257 e. The minimum absolute atomic E-state index is 0.0268. The molecule has 0 aliphatic heterocycles. The fraction of sp³-hybridized carbons (Fsp3) is 0. The first-order valence-corrected chi connectivity index (χ1v) is 5.95. The van der Waals surface area contributed by atoms with Crippen LogP contribution in [0, 0.1) is 17.1 Å². The quantitative estimate of drug-likeness (QED) is 0.833. The number of nitrogens with one attached hydrogen (secondary N) is 1. The van der Waals surface area contributed by atoms with Crippen molar-refractivity contribution >= 4 is 28.9 Å². The second kappa shape index (κ2) is 5.59. The maximum atomic E-state index is 13.0. The fourth-order valence-corrected chi connectivity index (χ4v) is 1.82. The molecule has 1 amide bonds. The molecule has 0 heterocycles. The number of amides is 1. The summed E-state index contributed by atoms with van der Waals surface area (Å²) in [4.78, 5) is 12.1. The Labute approximate surface area is 119 Å². The summed E-state index contributed by atoms with van der Waals surface area (Å²) < 4.78 is 13.0. The maximum absolute atomic E-state index is 13.0. The van der Waals surface area contributed by atoms with Crippen molar-refractivity contribution < 1.29 is 9.18 Å². The molecule has 6 heteroatoms. The number of benzene rings is 2. The molecule has 3 N–H and O–H groups in total. The van der Waals surface area contributed by atoms with E-state index in [1.165, 1.54) is 12.1 Å². The average Bonchev–Trinajstić information content (AvgIpc) is 2.43. The first kappa shape index (κ1) is 13.8. The molecule has 100 valence electrons. The summed E-state index contributed by atoms with van der Waals surface area (Å²) in [5.41, 5.74) is 6.28. The first-order chi connectivity index (χ1) is 9.52. The van der Waals surface area contributed by atoms with E-state index in [2.05, 4.69) is 5.32 Å². The number of rotatable bonds is 2. The van der Waals surface area contributed by atoms with E-state index >= 15 is 0 Å². The number of hydrogen-bond acceptors (Lipinski definition) is 3. The smallest absolute Gasteiger partial charge is 0.257 e. The van der Waals surface area contributed by atoms with Crippen LogP contribution in [0.15, 0.2) is 36.4 Å². The number of anilines is 2. The van der Waals surface area contributed by atoms with Gasteiger partial charge in [-0.1, -0.05) is 17.7 Å². The van der Waals surface area contributed by atoms with E-state index < -0.39 is 11.7 Å². The normalized spacial score (nSPS) is 9.85. The highest BCUT2D eigenvalue weighted by molar-refractivity contribution is 6.34. The molecule has 0 radical (unpaired) electrons. The zero-order valence-corrected chi connectivity index (χ0v) is 10.9. The predicted molar refractivity (Wildman–Crippen MR) is 74.9 cm³/mol. The van der Waals surface area contributed by atoms with Crippen LogP contribution < -0.4 is 11.1 Å². The van der Waals surface area contributed by atoms with Crippen molar-refractivity contribution in [1.29, 1.82) is 5.26 Å². The number of para-hydroxylation sites is 1. The second-order valence-electron chi connectivity index (χ2n) is 3.96. The van der Waals surface area contributed by atoms with E-state index in [-0.39, 0.29) is 27.5 Å². The molecule has 4 nitrogen and oxygen atoms in total. The van der Waals surface area contributed by atoms with E-state index in [1.807, 2.05) is 6.07 Å². The van der Waals surface area contributed by atoms with Gasteiger partial charge in [0.25, 0.3) is 5.91 Å². The first-order valence-electron chi connectivity index (χ1n) is 5.58. The summed E-state index contributed by atoms with van der Waals surface area (Å²) in [6.07, 6.45) is 0. The van der Waals surface area contributed by atoms with Crippen LogP contribution in [0.5, 0.6) is 0 Å². The number of nitriles is 1. The van der Waals surface area contributed by atoms with Gasteiger partial charge in [-0.2, -0.15) is 5.26 Å². The van der Waals surface area contributed by atoms with Crippen LogP contribution in [0.25, 0.3) is 0 Å². The molecule has 0 saturated carbocycles. The molecule has 20 heavy (non-hydrogen) atoms. The minimum atomic E-state index is -0.554. The van der Waals surface area contributed by atoms with Gasteiger partial charge in [0.1, 0.15) is 11.9 Å². The van der Waals surface area contributed by atoms with Crippen LogP contribution in [0.2, 0.25) is 5.02 Å². The highest BCUT2D eigenvalue weighted by Gasteiger charge is 2.14. The molecule has 0 aliphatic rings. The van der Waals surface area contributed by atoms with E-state index in [1.54, 1.807) is 12.1 Å². The van der Waals surface area contributed by atoms with Crippen molar-refractivity contribution in [3.05, 3.63) is 58.4 Å². The van der Waals surface area contributed by atoms with Crippen LogP contribution in [0.4, 0.5) is 15.8 Å². The van der Waals surface area contributed by atoms with Gasteiger partial charge in [-0.3, -0.25) is 4.79 Å². The average molecular weight is 290 g/mol. The third-order valence-corrected chi connectivity index (χ3v) is 2.98. The van der Waals surface area contributed by atoms with Gasteiger partial charge in [-0.25, -0.2) is 4.39 Å². The topological polar surface area (TPSA) is 78.9 Å². The molecule has 0 spiro atoms. The molecule has 2 aromatic rings. The molecule has 2 aromatic carbocycles. The van der Waals surface area contributed by atoms with E-state index in [4.69, 9.17) is 22.6 Å². The number of halogens is 2. The standard InChI is InChI=1S/C14H9ClFN3O/c15-11-3-1-2-10(13(11)18)14(20)19-12-5-4-9(16)6-8(12)7-17/h1-6H,18H2,(H,19,20). The third-order valence-electron chi connectivity index (χ3n) is 2.65. The summed E-state index contributed by atoms with van der Waals surface area (Å²) in [6, 6.07) is 9.96. The van der Waals surface area contributed by atoms with Crippen LogP contribution in [-0.2, 0) is 0 Å². The van der Waals surface area contributed by atoms with E-state index in [0.29, 0.717) is 0 Å². The fourth-order valence-electron chi connectivity index (χ4n) is 1.64. The predicted octanol–water partition coefficient (Wildman–Crippen LogP) is 3.19. The number of hydrogen-bond donors (Lipinski definition) is 2. The van der Waals surface area contributed by atoms with Crippen molar-refractivity contribution in [2.45, 2.75) is 0 Å². The van der Waals surface area contributed by atoms with Crippen LogP contribution in [0.1, 0.15) is 15.9 Å². The molecule has 0 atom stereocenters. The second-order valence-corrected chi connectivity index (χ2v) is 4.36. The van der Waals surface area contributed by atoms with Crippen molar-refractivity contribution in [1.82, 2.24) is 0 Å². The van der Waals surface area contributed by atoms with Gasteiger partial charge >= 0.3 is 0 Å². The third kappa shape index (κ3) is 2.71. The van der Waals surface area contributed by atoms with Crippen molar-refractivity contribution in [3.63, 3.8) is 0 Å². The number of nitrogens with zero attached hydrogens (tertiary/aromatic N) is 1. The summed E-state index contributed by atoms with van der Waals surface area (Å²) in [7, 11) is 0. The number of nitrogens with two attached hydrogens (primary N) is 1. The summed E-state index contributed by atoms with van der Waals surface area (Å²) in [6.45, 7) is 0. The van der Waals surface area contributed by atoms with Crippen molar-refractivity contribution in [3.8, 4) is 6.07 Å². The molecule has 0 aromatic heterocycles. The van der Waals surface area contributed by atoms with Gasteiger partial charge in [-0.05, 0) is 30.3 Å². The Morgan fingerprint density at radius 3 is 2.80 bits per heavy atom. The molecule has 0 aliphatic carbocycles. The van der Waals surface area contributed by atoms with Gasteiger partial charge in [0, 0.05) is 0 Å². The largest absolute Gasteiger partial charge is 0.397 e. The lowest BCUT2D eigenvalue weighted by Gasteiger charge is -2.09. The van der Waals surface area contributed by atoms with Crippen LogP contribution in [0.3, 0.4) is 0 Å². The van der Waals surface area contributed by atoms with Crippen LogP contribution in [-0.4, -0.2) is 5.91 Å². The Morgan fingerprint density at radius 2 is 2.10 bits per heavy atom. The molecule has 0 bridgehead atoms. The molecule has 0 unspecified atom stereocenters. The lowest BCUT2D eigenvalue weighted by atomic mass is 10.1. The lowest BCUT2D eigenvalue weighted by Crippen LogP contribution is -2.15. The van der Waals surface area contributed by atoms with E-state index in [0.717, 1.165) is 12.1 Å². The summed E-state index contributed by atoms with van der Waals surface area (Å²) in [5.74, 6) is -1.07. The monoisotopic (exact) mass is 289 g/mol. The van der Waals surface area contributed by atoms with Crippen molar-refractivity contribution in [2.24, 2.45) is 0 Å². The Balaban J connectivity index is 2.33. The zero-order valence-electron chi connectivity index (χ0n) is 10.2. The molecule has 0 saturated heterocycles. The summed E-state index contributed by atoms with van der Waals surface area (Å²) >= 11 is 5.83. The Bertz CT molecular complexity index is 725. The van der Waals surface area contributed by atoms with Crippen molar-refractivity contribution in [2.75, 3.05) is 11.1 Å². The van der Waals surface area contributed by atoms with E-state index in [9.17, 15) is 9.18 Å². The SMILES string of the molecule is N#Cc1cc(F)ccc1NC(=O)c1cccc(Cl)c1N. The number of carbonyl (C=O) groups is 1. The molecular formula is C14H9ClFN3O. The Morgan fingerprint density at radius 1 is 1.35 bits per heavy atom. The molecule has 0 fully saturated rings. The van der Waals surface area contributed by atoms with Gasteiger partial charge in [0.2, 0.25) is 0 Å². The lowest BCUT2D eigenvalue weighted by molar-refractivity contribution is 0.102. The Hall–Kier alpha value is -2.58. The highest BCUT2D eigenvalue weighted by atomic mass is 35.5. The van der Waals surface area contributed by atoms with Gasteiger partial charge < -0.3 is 11.1 Å². The minimum Gasteiger partial charge on any atom is -0.397 e. The summed E-state index contributed by atoms with van der Waals surface area (Å²) in [5, 5.41) is 11.7. The van der Waals surface area contributed by atoms with Gasteiger partial charge in [-0.15, -0.1) is 0 Å². The molecule has 2 rings (SSSR count). The van der Waals surface area contributed by atoms with Gasteiger partial charge in [0.05, 0.1) is 27.5 Å². The van der Waals surface area contributed by atoms with Crippen LogP contribution >= 0.6 is 11.6 Å². The zero-order chi connectivity index (χ0) is 14.7. The molecular weight excluding hydrogens is 281 g/mol. The Kier molecular flexibility index (Phi) is 3.87.